The Morgan fingerprint density at radius 1 is 1.12 bits per heavy atom. The number of likely N-dealkylation sites (tertiary alicyclic amines) is 2. The SMILES string of the molecule is Cc1cc2ccccc2n1CC(=O)N1CCCC[C@@H]2[C@H]1CCN2C. The first-order chi connectivity index (χ1) is 11.6. The Morgan fingerprint density at radius 3 is 2.83 bits per heavy atom. The smallest absolute Gasteiger partial charge is 0.242 e. The van der Waals surface area contributed by atoms with E-state index in [0.29, 0.717) is 18.6 Å². The Morgan fingerprint density at radius 2 is 1.96 bits per heavy atom. The molecule has 1 amide bonds. The van der Waals surface area contributed by atoms with E-state index in [1.165, 1.54) is 29.4 Å². The number of para-hydroxylation sites is 1. The molecule has 1 aromatic heterocycles. The lowest BCUT2D eigenvalue weighted by atomic mass is 10.0. The van der Waals surface area contributed by atoms with Gasteiger partial charge in [0.2, 0.25) is 5.91 Å². The fourth-order valence-electron chi connectivity index (χ4n) is 4.66. The van der Waals surface area contributed by atoms with E-state index in [2.05, 4.69) is 58.7 Å². The van der Waals surface area contributed by atoms with Gasteiger partial charge in [-0.25, -0.2) is 0 Å². The topological polar surface area (TPSA) is 28.5 Å². The Labute approximate surface area is 144 Å². The fraction of sp³-hybridized carbons (Fsp3) is 0.550. The number of rotatable bonds is 2. The summed E-state index contributed by atoms with van der Waals surface area (Å²) >= 11 is 0. The maximum atomic E-state index is 13.2. The van der Waals surface area contributed by atoms with E-state index < -0.39 is 0 Å². The number of hydrogen-bond acceptors (Lipinski definition) is 2. The number of fused-ring (bicyclic) bond motifs is 2. The van der Waals surface area contributed by atoms with E-state index in [1.807, 2.05) is 0 Å². The number of benzene rings is 1. The Hall–Kier alpha value is -1.81. The molecule has 128 valence electrons. The first-order valence-electron chi connectivity index (χ1n) is 9.20. The summed E-state index contributed by atoms with van der Waals surface area (Å²) in [5, 5.41) is 1.22. The zero-order valence-electron chi connectivity index (χ0n) is 14.7. The minimum absolute atomic E-state index is 0.284. The van der Waals surface area contributed by atoms with Crippen LogP contribution in [0.4, 0.5) is 0 Å². The minimum Gasteiger partial charge on any atom is -0.337 e. The highest BCUT2D eigenvalue weighted by Gasteiger charge is 2.38. The van der Waals surface area contributed by atoms with Gasteiger partial charge in [0.25, 0.3) is 0 Å². The van der Waals surface area contributed by atoms with Crippen LogP contribution in [0, 0.1) is 6.92 Å². The number of carbonyl (C=O) groups excluding carboxylic acids is 1. The predicted octanol–water partition coefficient (Wildman–Crippen LogP) is 3.03. The van der Waals surface area contributed by atoms with Gasteiger partial charge in [-0.2, -0.15) is 0 Å². The maximum Gasteiger partial charge on any atom is 0.242 e. The van der Waals surface area contributed by atoms with Crippen LogP contribution in [-0.2, 0) is 11.3 Å². The van der Waals surface area contributed by atoms with Crippen molar-refractivity contribution in [2.75, 3.05) is 20.1 Å². The van der Waals surface area contributed by atoms with Crippen LogP contribution >= 0.6 is 0 Å². The fourth-order valence-corrected chi connectivity index (χ4v) is 4.66. The second kappa shape index (κ2) is 6.25. The highest BCUT2D eigenvalue weighted by molar-refractivity contribution is 5.84. The average Bonchev–Trinajstić information content (AvgIpc) is 2.99. The third-order valence-corrected chi connectivity index (χ3v) is 5.97. The molecule has 4 rings (SSSR count). The highest BCUT2D eigenvalue weighted by atomic mass is 16.2. The van der Waals surface area contributed by atoms with Crippen molar-refractivity contribution in [1.29, 1.82) is 0 Å². The van der Waals surface area contributed by atoms with Crippen LogP contribution < -0.4 is 0 Å². The van der Waals surface area contributed by atoms with E-state index in [9.17, 15) is 4.79 Å². The molecule has 0 radical (unpaired) electrons. The zero-order chi connectivity index (χ0) is 16.7. The third kappa shape index (κ3) is 2.63. The maximum absolute atomic E-state index is 13.2. The van der Waals surface area contributed by atoms with Crippen molar-refractivity contribution < 1.29 is 4.79 Å². The summed E-state index contributed by atoms with van der Waals surface area (Å²) in [5.74, 6) is 0.284. The molecule has 4 heteroatoms. The van der Waals surface area contributed by atoms with E-state index in [4.69, 9.17) is 0 Å². The molecule has 24 heavy (non-hydrogen) atoms. The molecule has 0 unspecified atom stereocenters. The lowest BCUT2D eigenvalue weighted by Crippen LogP contribution is -2.47. The van der Waals surface area contributed by atoms with Crippen molar-refractivity contribution >= 4 is 16.8 Å². The van der Waals surface area contributed by atoms with E-state index in [1.54, 1.807) is 0 Å². The Balaban J connectivity index is 1.59. The molecule has 2 atom stereocenters. The molecule has 0 aliphatic carbocycles. The largest absolute Gasteiger partial charge is 0.337 e. The van der Waals surface area contributed by atoms with Crippen LogP contribution in [-0.4, -0.2) is 52.5 Å². The summed E-state index contributed by atoms with van der Waals surface area (Å²) in [7, 11) is 2.21. The van der Waals surface area contributed by atoms with Gasteiger partial charge in [0, 0.05) is 36.4 Å². The monoisotopic (exact) mass is 325 g/mol. The number of aromatic nitrogens is 1. The van der Waals surface area contributed by atoms with Crippen molar-refractivity contribution in [3.63, 3.8) is 0 Å². The second-order valence-electron chi connectivity index (χ2n) is 7.42. The molecule has 2 fully saturated rings. The molecule has 2 saturated heterocycles. The van der Waals surface area contributed by atoms with Gasteiger partial charge >= 0.3 is 0 Å². The van der Waals surface area contributed by atoms with Gasteiger partial charge < -0.3 is 14.4 Å². The molecule has 1 aromatic carbocycles. The number of hydrogen-bond donors (Lipinski definition) is 0. The van der Waals surface area contributed by atoms with Crippen LogP contribution in [0.2, 0.25) is 0 Å². The molecule has 0 saturated carbocycles. The summed E-state index contributed by atoms with van der Waals surface area (Å²) in [6.45, 7) is 4.60. The summed E-state index contributed by atoms with van der Waals surface area (Å²) in [5.41, 5.74) is 2.33. The molecule has 0 bridgehead atoms. The van der Waals surface area contributed by atoms with E-state index >= 15 is 0 Å². The molecule has 0 N–H and O–H groups in total. The summed E-state index contributed by atoms with van der Waals surface area (Å²) in [6.07, 6.45) is 4.73. The minimum atomic E-state index is 0.284. The molecule has 2 aliphatic heterocycles. The van der Waals surface area contributed by atoms with Crippen molar-refractivity contribution in [3.8, 4) is 0 Å². The standard InChI is InChI=1S/C20H27N3O/c1-15-13-16-7-3-4-8-17(16)23(15)14-20(24)22-11-6-5-9-18-19(22)10-12-21(18)2/h3-4,7-8,13,18-19H,5-6,9-12,14H2,1-2H3/t18-,19-/m1/s1. The zero-order valence-corrected chi connectivity index (χ0v) is 14.7. The van der Waals surface area contributed by atoms with Crippen LogP contribution in [0.5, 0.6) is 0 Å². The number of aryl methyl sites for hydroxylation is 1. The molecule has 2 aliphatic rings. The average molecular weight is 325 g/mol. The molecule has 4 nitrogen and oxygen atoms in total. The lowest BCUT2D eigenvalue weighted by Gasteiger charge is -2.32. The van der Waals surface area contributed by atoms with Crippen LogP contribution in [0.3, 0.4) is 0 Å². The Kier molecular flexibility index (Phi) is 4.09. The van der Waals surface area contributed by atoms with Crippen LogP contribution in [0.1, 0.15) is 31.4 Å². The summed E-state index contributed by atoms with van der Waals surface area (Å²) in [4.78, 5) is 17.8. The van der Waals surface area contributed by atoms with Crippen LogP contribution in [0.25, 0.3) is 10.9 Å². The van der Waals surface area contributed by atoms with Gasteiger partial charge in [0.1, 0.15) is 6.54 Å². The molecule has 2 aromatic rings. The number of carbonyl (C=O) groups is 1. The Bertz CT molecular complexity index is 750. The quantitative estimate of drug-likeness (QED) is 0.849. The lowest BCUT2D eigenvalue weighted by molar-refractivity contribution is -0.134. The van der Waals surface area contributed by atoms with Gasteiger partial charge in [0.05, 0.1) is 0 Å². The molecular weight excluding hydrogens is 298 g/mol. The second-order valence-corrected chi connectivity index (χ2v) is 7.42. The number of nitrogens with zero attached hydrogens (tertiary/aromatic N) is 3. The predicted molar refractivity (Wildman–Crippen MR) is 97.1 cm³/mol. The first-order valence-corrected chi connectivity index (χ1v) is 9.20. The van der Waals surface area contributed by atoms with E-state index in [0.717, 1.165) is 25.9 Å². The van der Waals surface area contributed by atoms with Gasteiger partial charge in [-0.15, -0.1) is 0 Å². The van der Waals surface area contributed by atoms with Gasteiger partial charge in [-0.1, -0.05) is 24.6 Å². The van der Waals surface area contributed by atoms with Crippen molar-refractivity contribution in [2.45, 2.75) is 51.2 Å². The summed E-state index contributed by atoms with van der Waals surface area (Å²) in [6, 6.07) is 11.5. The molecule has 0 spiro atoms. The first kappa shape index (κ1) is 15.7. The number of likely N-dealkylation sites (N-methyl/N-ethyl adjacent to an activating group) is 1. The van der Waals surface area contributed by atoms with Gasteiger partial charge in [-0.3, -0.25) is 4.79 Å². The van der Waals surface area contributed by atoms with Gasteiger partial charge in [-0.05, 0) is 50.8 Å². The summed E-state index contributed by atoms with van der Waals surface area (Å²) < 4.78 is 2.18. The van der Waals surface area contributed by atoms with Crippen molar-refractivity contribution in [2.24, 2.45) is 0 Å². The highest BCUT2D eigenvalue weighted by Crippen LogP contribution is 2.29. The van der Waals surface area contributed by atoms with Crippen LogP contribution in [0.15, 0.2) is 30.3 Å². The third-order valence-electron chi connectivity index (χ3n) is 5.97. The number of amides is 1. The molecular formula is C20H27N3O. The van der Waals surface area contributed by atoms with Crippen molar-refractivity contribution in [1.82, 2.24) is 14.4 Å². The molecule has 3 heterocycles. The van der Waals surface area contributed by atoms with Gasteiger partial charge in [0.15, 0.2) is 0 Å². The van der Waals surface area contributed by atoms with Crippen molar-refractivity contribution in [3.05, 3.63) is 36.0 Å². The van der Waals surface area contributed by atoms with E-state index in [-0.39, 0.29) is 5.91 Å². The normalized spacial score (nSPS) is 25.0.